The summed E-state index contributed by atoms with van der Waals surface area (Å²) in [5.74, 6) is -1.54. The average molecular weight is 559 g/mol. The minimum Gasteiger partial charge on any atom is -0.493 e. The summed E-state index contributed by atoms with van der Waals surface area (Å²) in [6.07, 6.45) is 0.287. The van der Waals surface area contributed by atoms with E-state index in [0.29, 0.717) is 31.0 Å². The number of amides is 1. The molecule has 0 radical (unpaired) electrons. The highest BCUT2D eigenvalue weighted by atomic mass is 32.2. The van der Waals surface area contributed by atoms with Gasteiger partial charge in [0, 0.05) is 19.4 Å². The topological polar surface area (TPSA) is 50.8 Å². The first kappa shape index (κ1) is 28.6. The van der Waals surface area contributed by atoms with Gasteiger partial charge in [0.1, 0.15) is 17.4 Å². The molecule has 1 amide bonds. The fourth-order valence-corrected chi connectivity index (χ4v) is 5.20. The number of carbonyl (C=O) groups is 1. The number of alkyl halides is 3. The van der Waals surface area contributed by atoms with Crippen LogP contribution in [0.15, 0.2) is 30.3 Å². The van der Waals surface area contributed by atoms with Crippen LogP contribution in [-0.2, 0) is 10.9 Å². The van der Waals surface area contributed by atoms with Gasteiger partial charge in [-0.05, 0) is 79.9 Å². The number of benzene rings is 2. The van der Waals surface area contributed by atoms with Crippen molar-refractivity contribution in [2.24, 2.45) is 5.92 Å². The number of rotatable bonds is 10. The zero-order valence-electron chi connectivity index (χ0n) is 21.2. The third-order valence-electron chi connectivity index (χ3n) is 7.13. The summed E-state index contributed by atoms with van der Waals surface area (Å²) in [4.78, 5) is 14.2. The zero-order chi connectivity index (χ0) is 27.4. The Hall–Kier alpha value is -2.37. The Morgan fingerprint density at radius 1 is 1.11 bits per heavy atom. The number of halogens is 5. The Labute approximate surface area is 223 Å². The summed E-state index contributed by atoms with van der Waals surface area (Å²) >= 11 is 1.11. The van der Waals surface area contributed by atoms with Gasteiger partial charge in [0.05, 0.1) is 30.4 Å². The molecule has 1 saturated carbocycles. The van der Waals surface area contributed by atoms with Gasteiger partial charge in [0.2, 0.25) is 0 Å². The van der Waals surface area contributed by atoms with E-state index in [1.54, 1.807) is 12.3 Å². The number of ether oxygens (including phenoxy) is 2. The molecule has 1 heterocycles. The van der Waals surface area contributed by atoms with Crippen LogP contribution in [0.1, 0.15) is 64.7 Å². The molecule has 0 unspecified atom stereocenters. The predicted molar refractivity (Wildman–Crippen MR) is 135 cm³/mol. The molecule has 2 aromatic rings. The summed E-state index contributed by atoms with van der Waals surface area (Å²) in [6.45, 7) is 1.73. The normalized spacial score (nSPS) is 17.9. The maximum atomic E-state index is 14.7. The molecule has 38 heavy (non-hydrogen) atoms. The highest BCUT2D eigenvalue weighted by molar-refractivity contribution is 7.97. The second-order valence-corrected chi connectivity index (χ2v) is 10.4. The van der Waals surface area contributed by atoms with Crippen LogP contribution in [0.25, 0.3) is 0 Å². The van der Waals surface area contributed by atoms with E-state index in [-0.39, 0.29) is 24.0 Å². The maximum Gasteiger partial charge on any atom is 0.419 e. The highest BCUT2D eigenvalue weighted by Gasteiger charge is 2.36. The van der Waals surface area contributed by atoms with Gasteiger partial charge in [0.15, 0.2) is 0 Å². The summed E-state index contributed by atoms with van der Waals surface area (Å²) < 4.78 is 82.2. The molecule has 208 valence electrons. The zero-order valence-corrected chi connectivity index (χ0v) is 22.1. The summed E-state index contributed by atoms with van der Waals surface area (Å²) in [7, 11) is 1.48. The molecular weight excluding hydrogens is 527 g/mol. The molecule has 4 rings (SSSR count). The standard InChI is InChI=1S/C27H31F5N2O3S/c1-36-15-24(18-5-6-22(28)21(11-18)27(30,31)32)34-9-7-16(8-10-34)14-37-25-13-23(29)20(26(35)33-38-2)12-19(25)17-3-4-17/h5-6,11-13,16-17,24H,3-4,7-10,14-15H2,1-2H3,(H,33,35)/t24-/m1/s1. The van der Waals surface area contributed by atoms with Crippen molar-refractivity contribution in [3.05, 3.63) is 64.2 Å². The highest BCUT2D eigenvalue weighted by Crippen LogP contribution is 2.45. The minimum absolute atomic E-state index is 0.000525. The quantitative estimate of drug-likeness (QED) is 0.272. The number of methoxy groups -OCH3 is 1. The Kier molecular flexibility index (Phi) is 9.20. The molecule has 1 N–H and O–H groups in total. The predicted octanol–water partition coefficient (Wildman–Crippen LogP) is 6.35. The van der Waals surface area contributed by atoms with Crippen molar-refractivity contribution < 1.29 is 36.2 Å². The van der Waals surface area contributed by atoms with E-state index in [9.17, 15) is 26.7 Å². The van der Waals surface area contributed by atoms with Crippen molar-refractivity contribution in [2.75, 3.05) is 39.7 Å². The fraction of sp³-hybridized carbons (Fsp3) is 0.519. The van der Waals surface area contributed by atoms with Crippen molar-refractivity contribution >= 4 is 17.9 Å². The molecule has 1 aliphatic carbocycles. The Morgan fingerprint density at radius 3 is 2.42 bits per heavy atom. The number of nitrogens with one attached hydrogen (secondary N) is 1. The lowest BCUT2D eigenvalue weighted by molar-refractivity contribution is -0.140. The van der Waals surface area contributed by atoms with Crippen LogP contribution in [-0.4, -0.2) is 50.5 Å². The second-order valence-electron chi connectivity index (χ2n) is 9.78. The van der Waals surface area contributed by atoms with Crippen LogP contribution in [0, 0.1) is 17.6 Å². The van der Waals surface area contributed by atoms with Gasteiger partial charge in [-0.1, -0.05) is 18.0 Å². The van der Waals surface area contributed by atoms with Crippen molar-refractivity contribution in [1.82, 2.24) is 9.62 Å². The molecule has 11 heteroatoms. The molecular formula is C27H31F5N2O3S. The summed E-state index contributed by atoms with van der Waals surface area (Å²) in [6, 6.07) is 5.53. The number of hydrogen-bond donors (Lipinski definition) is 1. The molecule has 0 bridgehead atoms. The smallest absolute Gasteiger partial charge is 0.419 e. The summed E-state index contributed by atoms with van der Waals surface area (Å²) in [5, 5.41) is 0. The van der Waals surface area contributed by atoms with E-state index in [0.717, 1.165) is 55.3 Å². The van der Waals surface area contributed by atoms with E-state index in [4.69, 9.17) is 9.47 Å². The van der Waals surface area contributed by atoms with Gasteiger partial charge in [-0.25, -0.2) is 8.78 Å². The van der Waals surface area contributed by atoms with Gasteiger partial charge in [-0.3, -0.25) is 14.4 Å². The van der Waals surface area contributed by atoms with E-state index in [1.807, 2.05) is 4.90 Å². The molecule has 1 saturated heterocycles. The first-order valence-corrected chi connectivity index (χ1v) is 13.7. The van der Waals surface area contributed by atoms with Crippen molar-refractivity contribution in [1.29, 1.82) is 0 Å². The fourth-order valence-electron chi connectivity index (χ4n) is 4.91. The molecule has 1 atom stereocenters. The molecule has 0 spiro atoms. The molecule has 0 aromatic heterocycles. The lowest BCUT2D eigenvalue weighted by Crippen LogP contribution is -2.40. The van der Waals surface area contributed by atoms with Crippen LogP contribution >= 0.6 is 11.9 Å². The number of nitrogens with zero attached hydrogens (tertiary/aromatic N) is 1. The molecule has 2 aliphatic rings. The SMILES string of the molecule is COC[C@H](c1ccc(F)c(C(F)(F)F)c1)N1CCC(COc2cc(F)c(C(=O)NSC)cc2C2CC2)CC1. The van der Waals surface area contributed by atoms with E-state index in [2.05, 4.69) is 4.72 Å². The third kappa shape index (κ3) is 6.79. The summed E-state index contributed by atoms with van der Waals surface area (Å²) in [5.41, 5.74) is -0.0898. The van der Waals surface area contributed by atoms with Crippen molar-refractivity contribution in [3.8, 4) is 5.75 Å². The van der Waals surface area contributed by atoms with Crippen LogP contribution < -0.4 is 9.46 Å². The Bertz CT molecular complexity index is 1130. The van der Waals surface area contributed by atoms with Crippen molar-refractivity contribution in [3.63, 3.8) is 0 Å². The second kappa shape index (κ2) is 12.2. The number of hydrogen-bond acceptors (Lipinski definition) is 5. The third-order valence-corrected chi connectivity index (χ3v) is 7.52. The lowest BCUT2D eigenvalue weighted by atomic mass is 9.94. The monoisotopic (exact) mass is 558 g/mol. The number of piperidine rings is 1. The van der Waals surface area contributed by atoms with Gasteiger partial charge in [0.25, 0.3) is 5.91 Å². The maximum absolute atomic E-state index is 14.7. The Balaban J connectivity index is 1.40. The van der Waals surface area contributed by atoms with E-state index >= 15 is 0 Å². The molecule has 2 aromatic carbocycles. The van der Waals surface area contributed by atoms with Gasteiger partial charge in [-0.2, -0.15) is 13.2 Å². The minimum atomic E-state index is -4.78. The first-order chi connectivity index (χ1) is 18.1. The van der Waals surface area contributed by atoms with Crippen LogP contribution in [0.5, 0.6) is 5.75 Å². The number of likely N-dealkylation sites (tertiary alicyclic amines) is 1. The van der Waals surface area contributed by atoms with Gasteiger partial charge >= 0.3 is 6.18 Å². The lowest BCUT2D eigenvalue weighted by Gasteiger charge is -2.37. The largest absolute Gasteiger partial charge is 0.493 e. The average Bonchev–Trinajstić information content (AvgIpc) is 3.72. The molecule has 5 nitrogen and oxygen atoms in total. The van der Waals surface area contributed by atoms with Gasteiger partial charge in [-0.15, -0.1) is 0 Å². The molecule has 2 fully saturated rings. The molecule has 1 aliphatic heterocycles. The Morgan fingerprint density at radius 2 is 1.82 bits per heavy atom. The first-order valence-electron chi connectivity index (χ1n) is 12.5. The number of carbonyl (C=O) groups excluding carboxylic acids is 1. The van der Waals surface area contributed by atoms with E-state index in [1.165, 1.54) is 19.2 Å². The van der Waals surface area contributed by atoms with E-state index < -0.39 is 35.3 Å². The van der Waals surface area contributed by atoms with Crippen LogP contribution in [0.3, 0.4) is 0 Å². The van der Waals surface area contributed by atoms with Crippen LogP contribution in [0.4, 0.5) is 22.0 Å². The van der Waals surface area contributed by atoms with Gasteiger partial charge < -0.3 is 9.47 Å². The van der Waals surface area contributed by atoms with Crippen molar-refractivity contribution in [2.45, 2.75) is 43.8 Å². The van der Waals surface area contributed by atoms with Crippen LogP contribution in [0.2, 0.25) is 0 Å².